The van der Waals surface area contributed by atoms with Crippen LogP contribution in [0, 0.1) is 11.8 Å². The molecule has 0 spiro atoms. The molecule has 0 heterocycles. The molecule has 25 heavy (non-hydrogen) atoms. The summed E-state index contributed by atoms with van der Waals surface area (Å²) >= 11 is 0. The van der Waals surface area contributed by atoms with E-state index in [1.165, 1.54) is 6.92 Å². The van der Waals surface area contributed by atoms with Crippen LogP contribution in [0.5, 0.6) is 0 Å². The first-order chi connectivity index (χ1) is 11.5. The molecule has 0 bridgehead atoms. The van der Waals surface area contributed by atoms with Crippen molar-refractivity contribution in [1.29, 1.82) is 0 Å². The van der Waals surface area contributed by atoms with Crippen LogP contribution in [0.25, 0.3) is 0 Å². The van der Waals surface area contributed by atoms with Crippen LogP contribution >= 0.6 is 0 Å². The lowest BCUT2D eigenvalue weighted by Crippen LogP contribution is -2.54. The van der Waals surface area contributed by atoms with Gasteiger partial charge in [0.15, 0.2) is 0 Å². The van der Waals surface area contributed by atoms with E-state index in [0.29, 0.717) is 0 Å². The van der Waals surface area contributed by atoms with Crippen LogP contribution in [0.4, 0.5) is 0 Å². The molecule has 4 unspecified atom stereocenters. The predicted octanol–water partition coefficient (Wildman–Crippen LogP) is -0.794. The quantitative estimate of drug-likeness (QED) is 0.345. The van der Waals surface area contributed by atoms with Crippen LogP contribution in [0.1, 0.15) is 41.0 Å². The van der Waals surface area contributed by atoms with E-state index in [1.54, 1.807) is 13.8 Å². The van der Waals surface area contributed by atoms with Gasteiger partial charge in [0.05, 0.1) is 12.6 Å². The maximum absolute atomic E-state index is 12.0. The lowest BCUT2D eigenvalue weighted by molar-refractivity contribution is -0.143. The second-order valence-corrected chi connectivity index (χ2v) is 6.49. The Morgan fingerprint density at radius 3 is 2.00 bits per heavy atom. The lowest BCUT2D eigenvalue weighted by atomic mass is 9.99. The zero-order valence-electron chi connectivity index (χ0n) is 15.5. The Morgan fingerprint density at radius 1 is 1.00 bits per heavy atom. The standard InChI is InChI=1S/C16H30N4O5/c1-6-9(4)12(17)15(23)18-7-11(21)19-10(5)14(22)20-13(8(2)3)16(24)25/h8-10,12-13H,6-7,17H2,1-5H3,(H,18,23)(H,19,21)(H,20,22)(H,24,25). The highest BCUT2D eigenvalue weighted by atomic mass is 16.4. The fraction of sp³-hybridized carbons (Fsp3) is 0.750. The van der Waals surface area contributed by atoms with Gasteiger partial charge in [0.1, 0.15) is 12.1 Å². The molecule has 0 aliphatic heterocycles. The first-order valence-electron chi connectivity index (χ1n) is 8.37. The lowest BCUT2D eigenvalue weighted by Gasteiger charge is -2.21. The van der Waals surface area contributed by atoms with Crippen LogP contribution < -0.4 is 21.7 Å². The molecular formula is C16H30N4O5. The van der Waals surface area contributed by atoms with Crippen LogP contribution in [-0.4, -0.2) is 53.5 Å². The number of aliphatic carboxylic acids is 1. The van der Waals surface area contributed by atoms with E-state index in [4.69, 9.17) is 10.8 Å². The maximum Gasteiger partial charge on any atom is 0.326 e. The summed E-state index contributed by atoms with van der Waals surface area (Å²) in [4.78, 5) is 46.7. The second kappa shape index (κ2) is 10.7. The van der Waals surface area contributed by atoms with E-state index >= 15 is 0 Å². The molecular weight excluding hydrogens is 328 g/mol. The molecule has 9 nitrogen and oxygen atoms in total. The van der Waals surface area contributed by atoms with Crippen molar-refractivity contribution >= 4 is 23.7 Å². The van der Waals surface area contributed by atoms with Gasteiger partial charge in [0.25, 0.3) is 0 Å². The van der Waals surface area contributed by atoms with Crippen molar-refractivity contribution in [2.45, 2.75) is 59.2 Å². The Labute approximate surface area is 148 Å². The summed E-state index contributed by atoms with van der Waals surface area (Å²) in [6.45, 7) is 8.19. The van der Waals surface area contributed by atoms with Crippen molar-refractivity contribution in [3.05, 3.63) is 0 Å². The van der Waals surface area contributed by atoms with Crippen LogP contribution in [0.15, 0.2) is 0 Å². The van der Waals surface area contributed by atoms with Crippen molar-refractivity contribution in [3.63, 3.8) is 0 Å². The molecule has 0 saturated carbocycles. The number of hydrogen-bond donors (Lipinski definition) is 5. The number of carbonyl (C=O) groups excluding carboxylic acids is 3. The Hall–Kier alpha value is -2.16. The molecule has 0 aromatic heterocycles. The average molecular weight is 358 g/mol. The van der Waals surface area contributed by atoms with Gasteiger partial charge in [-0.15, -0.1) is 0 Å². The minimum Gasteiger partial charge on any atom is -0.480 e. The van der Waals surface area contributed by atoms with Crippen molar-refractivity contribution in [3.8, 4) is 0 Å². The summed E-state index contributed by atoms with van der Waals surface area (Å²) in [6.07, 6.45) is 0.735. The Morgan fingerprint density at radius 2 is 1.56 bits per heavy atom. The van der Waals surface area contributed by atoms with Crippen molar-refractivity contribution in [2.75, 3.05) is 6.54 Å². The molecule has 0 saturated heterocycles. The number of carboxylic acids is 1. The number of nitrogens with two attached hydrogens (primary N) is 1. The van der Waals surface area contributed by atoms with Crippen LogP contribution in [-0.2, 0) is 19.2 Å². The fourth-order valence-electron chi connectivity index (χ4n) is 1.95. The molecule has 0 fully saturated rings. The Bertz CT molecular complexity index is 495. The molecule has 0 aromatic carbocycles. The number of carboxylic acid groups (broad SMARTS) is 1. The zero-order chi connectivity index (χ0) is 19.7. The molecule has 144 valence electrons. The highest BCUT2D eigenvalue weighted by Crippen LogP contribution is 2.05. The van der Waals surface area contributed by atoms with Gasteiger partial charge in [-0.3, -0.25) is 14.4 Å². The first kappa shape index (κ1) is 22.8. The summed E-state index contributed by atoms with van der Waals surface area (Å²) in [6, 6.07) is -2.69. The molecule has 0 rings (SSSR count). The van der Waals surface area contributed by atoms with Gasteiger partial charge in [0.2, 0.25) is 17.7 Å². The number of rotatable bonds is 10. The Kier molecular flexibility index (Phi) is 9.73. The molecule has 0 radical (unpaired) electrons. The first-order valence-corrected chi connectivity index (χ1v) is 8.37. The van der Waals surface area contributed by atoms with E-state index in [0.717, 1.165) is 6.42 Å². The predicted molar refractivity (Wildman–Crippen MR) is 92.4 cm³/mol. The molecule has 4 atom stereocenters. The van der Waals surface area contributed by atoms with Crippen molar-refractivity contribution in [2.24, 2.45) is 17.6 Å². The van der Waals surface area contributed by atoms with Gasteiger partial charge in [-0.25, -0.2) is 4.79 Å². The monoisotopic (exact) mass is 358 g/mol. The third kappa shape index (κ3) is 7.97. The van der Waals surface area contributed by atoms with Gasteiger partial charge in [-0.2, -0.15) is 0 Å². The van der Waals surface area contributed by atoms with Crippen molar-refractivity contribution in [1.82, 2.24) is 16.0 Å². The van der Waals surface area contributed by atoms with Crippen LogP contribution in [0.3, 0.4) is 0 Å². The zero-order valence-corrected chi connectivity index (χ0v) is 15.5. The van der Waals surface area contributed by atoms with Gasteiger partial charge in [-0.05, 0) is 18.8 Å². The highest BCUT2D eigenvalue weighted by molar-refractivity contribution is 5.92. The molecule has 6 N–H and O–H groups in total. The van der Waals surface area contributed by atoms with Gasteiger partial charge in [-0.1, -0.05) is 34.1 Å². The summed E-state index contributed by atoms with van der Waals surface area (Å²) in [5.41, 5.74) is 5.75. The smallest absolute Gasteiger partial charge is 0.326 e. The summed E-state index contributed by atoms with van der Waals surface area (Å²) < 4.78 is 0. The number of amides is 3. The fourth-order valence-corrected chi connectivity index (χ4v) is 1.95. The van der Waals surface area contributed by atoms with Crippen LogP contribution in [0.2, 0.25) is 0 Å². The third-order valence-corrected chi connectivity index (χ3v) is 3.98. The van der Waals surface area contributed by atoms with Gasteiger partial charge >= 0.3 is 5.97 Å². The summed E-state index contributed by atoms with van der Waals surface area (Å²) in [5, 5.41) is 16.2. The van der Waals surface area contributed by atoms with Gasteiger partial charge < -0.3 is 26.8 Å². The molecule has 0 aliphatic carbocycles. The van der Waals surface area contributed by atoms with Gasteiger partial charge in [0, 0.05) is 0 Å². The molecule has 3 amide bonds. The third-order valence-electron chi connectivity index (χ3n) is 3.98. The summed E-state index contributed by atoms with van der Waals surface area (Å²) in [5.74, 6) is -3.08. The molecule has 0 aliphatic rings. The van der Waals surface area contributed by atoms with E-state index in [2.05, 4.69) is 16.0 Å². The minimum absolute atomic E-state index is 0.0169. The molecule has 9 heteroatoms. The van der Waals surface area contributed by atoms with E-state index in [9.17, 15) is 19.2 Å². The normalized spacial score (nSPS) is 15.6. The number of carbonyl (C=O) groups is 4. The number of nitrogens with one attached hydrogen (secondary N) is 3. The largest absolute Gasteiger partial charge is 0.480 e. The SMILES string of the molecule is CCC(C)C(N)C(=O)NCC(=O)NC(C)C(=O)NC(C(=O)O)C(C)C. The summed E-state index contributed by atoms with van der Waals surface area (Å²) in [7, 11) is 0. The van der Waals surface area contributed by atoms with E-state index in [-0.39, 0.29) is 18.4 Å². The highest BCUT2D eigenvalue weighted by Gasteiger charge is 2.26. The van der Waals surface area contributed by atoms with Crippen molar-refractivity contribution < 1.29 is 24.3 Å². The second-order valence-electron chi connectivity index (χ2n) is 6.49. The maximum atomic E-state index is 12.0. The van der Waals surface area contributed by atoms with E-state index < -0.39 is 41.8 Å². The minimum atomic E-state index is -1.15. The topological polar surface area (TPSA) is 151 Å². The van der Waals surface area contributed by atoms with E-state index in [1.807, 2.05) is 13.8 Å². The number of hydrogen-bond acceptors (Lipinski definition) is 5. The average Bonchev–Trinajstić information content (AvgIpc) is 2.54. The Balaban J connectivity index is 4.44. The molecule has 0 aromatic rings.